The van der Waals surface area contributed by atoms with E-state index < -0.39 is 0 Å². The van der Waals surface area contributed by atoms with Crippen molar-refractivity contribution in [2.45, 2.75) is 45.8 Å². The lowest BCUT2D eigenvalue weighted by Gasteiger charge is -2.33. The fraction of sp³-hybridized carbons (Fsp3) is 0.688. The van der Waals surface area contributed by atoms with E-state index in [1.165, 1.54) is 5.56 Å². The summed E-state index contributed by atoms with van der Waals surface area (Å²) >= 11 is 0. The van der Waals surface area contributed by atoms with Crippen LogP contribution in [-0.4, -0.2) is 37.3 Å². The number of hydrogen-bond acceptors (Lipinski definition) is 4. The minimum atomic E-state index is 0.432. The Morgan fingerprint density at radius 1 is 1.35 bits per heavy atom. The molecule has 1 N–H and O–H groups in total. The zero-order valence-electron chi connectivity index (χ0n) is 12.8. The van der Waals surface area contributed by atoms with E-state index in [0.717, 1.165) is 57.9 Å². The first-order valence-electron chi connectivity index (χ1n) is 7.86. The van der Waals surface area contributed by atoms with Gasteiger partial charge in [0, 0.05) is 38.0 Å². The molecule has 1 saturated heterocycles. The van der Waals surface area contributed by atoms with Gasteiger partial charge in [0.05, 0.1) is 6.10 Å². The number of hydrogen-bond donors (Lipinski definition) is 1. The maximum Gasteiger partial charge on any atom is 0.133 e. The number of ether oxygens (including phenoxy) is 1. The van der Waals surface area contributed by atoms with Gasteiger partial charge in [0.25, 0.3) is 0 Å². The third kappa shape index (κ3) is 4.18. The normalized spacial score (nSPS) is 16.6. The van der Waals surface area contributed by atoms with Crippen LogP contribution in [-0.2, 0) is 11.3 Å². The topological polar surface area (TPSA) is 37.4 Å². The summed E-state index contributed by atoms with van der Waals surface area (Å²) in [6, 6.07) is 4.21. The second kappa shape index (κ2) is 8.22. The highest BCUT2D eigenvalue weighted by molar-refractivity contribution is 5.47. The Bertz CT molecular complexity index is 389. The van der Waals surface area contributed by atoms with Gasteiger partial charge in [-0.05, 0) is 38.8 Å². The van der Waals surface area contributed by atoms with Crippen molar-refractivity contribution >= 4 is 5.82 Å². The molecule has 1 aromatic heterocycles. The first kappa shape index (κ1) is 15.3. The average Bonchev–Trinajstić information content (AvgIpc) is 2.49. The Labute approximate surface area is 122 Å². The van der Waals surface area contributed by atoms with Crippen LogP contribution in [0, 0.1) is 0 Å². The molecular weight excluding hydrogens is 250 g/mol. The molecule has 0 aliphatic carbocycles. The minimum absolute atomic E-state index is 0.432. The molecule has 1 aliphatic heterocycles. The van der Waals surface area contributed by atoms with Crippen LogP contribution >= 0.6 is 0 Å². The highest BCUT2D eigenvalue weighted by Gasteiger charge is 2.21. The standard InChI is InChI=1S/C16H27N3O/c1-3-9-17-13-14-6-5-10-18-16(14)19-11-7-15(8-12-19)20-4-2/h5-6,10,15,17H,3-4,7-9,11-13H2,1-2H3. The van der Waals surface area contributed by atoms with Crippen LogP contribution in [0.25, 0.3) is 0 Å². The molecular formula is C16H27N3O. The fourth-order valence-electron chi connectivity index (χ4n) is 2.72. The molecule has 1 aliphatic rings. The van der Waals surface area contributed by atoms with Crippen molar-refractivity contribution in [2.75, 3.05) is 31.1 Å². The predicted molar refractivity (Wildman–Crippen MR) is 83.1 cm³/mol. The van der Waals surface area contributed by atoms with Crippen LogP contribution in [0.1, 0.15) is 38.7 Å². The van der Waals surface area contributed by atoms with Gasteiger partial charge in [0.15, 0.2) is 0 Å². The number of aromatic nitrogens is 1. The van der Waals surface area contributed by atoms with Crippen molar-refractivity contribution in [3.05, 3.63) is 23.9 Å². The quantitative estimate of drug-likeness (QED) is 0.777. The van der Waals surface area contributed by atoms with Gasteiger partial charge in [-0.1, -0.05) is 13.0 Å². The highest BCUT2D eigenvalue weighted by Crippen LogP contribution is 2.22. The molecule has 1 fully saturated rings. The van der Waals surface area contributed by atoms with Gasteiger partial charge in [-0.2, -0.15) is 0 Å². The minimum Gasteiger partial charge on any atom is -0.378 e. The van der Waals surface area contributed by atoms with Crippen molar-refractivity contribution in [1.82, 2.24) is 10.3 Å². The zero-order valence-corrected chi connectivity index (χ0v) is 12.8. The van der Waals surface area contributed by atoms with E-state index in [1.807, 2.05) is 12.3 Å². The summed E-state index contributed by atoms with van der Waals surface area (Å²) in [5.74, 6) is 1.14. The van der Waals surface area contributed by atoms with Crippen LogP contribution < -0.4 is 10.2 Å². The van der Waals surface area contributed by atoms with Crippen molar-refractivity contribution < 1.29 is 4.74 Å². The van der Waals surface area contributed by atoms with Crippen molar-refractivity contribution in [2.24, 2.45) is 0 Å². The average molecular weight is 277 g/mol. The number of nitrogens with one attached hydrogen (secondary N) is 1. The van der Waals surface area contributed by atoms with E-state index in [1.54, 1.807) is 0 Å². The molecule has 4 heteroatoms. The summed E-state index contributed by atoms with van der Waals surface area (Å²) in [5.41, 5.74) is 1.30. The number of pyridine rings is 1. The number of rotatable bonds is 7. The third-order valence-electron chi connectivity index (χ3n) is 3.75. The number of anilines is 1. The van der Waals surface area contributed by atoms with Crippen molar-refractivity contribution in [1.29, 1.82) is 0 Å². The lowest BCUT2D eigenvalue weighted by molar-refractivity contribution is 0.0458. The van der Waals surface area contributed by atoms with Gasteiger partial charge < -0.3 is 15.0 Å². The van der Waals surface area contributed by atoms with Gasteiger partial charge in [0.2, 0.25) is 0 Å². The van der Waals surface area contributed by atoms with Crippen molar-refractivity contribution in [3.63, 3.8) is 0 Å². The second-order valence-corrected chi connectivity index (χ2v) is 5.30. The van der Waals surface area contributed by atoms with Crippen LogP contribution in [0.4, 0.5) is 5.82 Å². The summed E-state index contributed by atoms with van der Waals surface area (Å²) in [6.45, 7) is 9.13. The Kier molecular flexibility index (Phi) is 6.27. The van der Waals surface area contributed by atoms with Gasteiger partial charge in [0.1, 0.15) is 5.82 Å². The second-order valence-electron chi connectivity index (χ2n) is 5.30. The fourth-order valence-corrected chi connectivity index (χ4v) is 2.72. The van der Waals surface area contributed by atoms with Gasteiger partial charge in [-0.15, -0.1) is 0 Å². The largest absolute Gasteiger partial charge is 0.378 e. The van der Waals surface area contributed by atoms with Gasteiger partial charge in [-0.25, -0.2) is 4.98 Å². The monoisotopic (exact) mass is 277 g/mol. The molecule has 112 valence electrons. The van der Waals surface area contributed by atoms with E-state index >= 15 is 0 Å². The number of nitrogens with zero attached hydrogens (tertiary/aromatic N) is 2. The maximum atomic E-state index is 5.72. The molecule has 0 unspecified atom stereocenters. The molecule has 4 nitrogen and oxygen atoms in total. The zero-order chi connectivity index (χ0) is 14.2. The summed E-state index contributed by atoms with van der Waals surface area (Å²) in [4.78, 5) is 7.00. The molecule has 1 aromatic rings. The van der Waals surface area contributed by atoms with E-state index in [2.05, 4.69) is 35.1 Å². The van der Waals surface area contributed by atoms with E-state index in [9.17, 15) is 0 Å². The van der Waals surface area contributed by atoms with Crippen LogP contribution in [0.15, 0.2) is 18.3 Å². The van der Waals surface area contributed by atoms with Gasteiger partial charge >= 0.3 is 0 Å². The Morgan fingerprint density at radius 2 is 2.15 bits per heavy atom. The van der Waals surface area contributed by atoms with Crippen LogP contribution in [0.2, 0.25) is 0 Å². The smallest absolute Gasteiger partial charge is 0.133 e. The predicted octanol–water partition coefficient (Wildman–Crippen LogP) is 2.59. The third-order valence-corrected chi connectivity index (χ3v) is 3.75. The first-order valence-corrected chi connectivity index (χ1v) is 7.86. The Balaban J connectivity index is 1.95. The summed E-state index contributed by atoms with van der Waals surface area (Å²) < 4.78 is 5.72. The maximum absolute atomic E-state index is 5.72. The van der Waals surface area contributed by atoms with Crippen LogP contribution in [0.3, 0.4) is 0 Å². The Hall–Kier alpha value is -1.13. The Morgan fingerprint density at radius 3 is 2.85 bits per heavy atom. The molecule has 0 bridgehead atoms. The van der Waals surface area contributed by atoms with E-state index in [0.29, 0.717) is 6.10 Å². The SMILES string of the molecule is CCCNCc1cccnc1N1CCC(OCC)CC1. The van der Waals surface area contributed by atoms with E-state index in [-0.39, 0.29) is 0 Å². The summed E-state index contributed by atoms with van der Waals surface area (Å²) in [5, 5.41) is 3.47. The van der Waals surface area contributed by atoms with Gasteiger partial charge in [-0.3, -0.25) is 0 Å². The molecule has 0 atom stereocenters. The lowest BCUT2D eigenvalue weighted by atomic mass is 10.1. The first-order chi connectivity index (χ1) is 9.85. The molecule has 0 amide bonds. The summed E-state index contributed by atoms with van der Waals surface area (Å²) in [6.07, 6.45) is 5.70. The molecule has 0 spiro atoms. The lowest BCUT2D eigenvalue weighted by Crippen LogP contribution is -2.38. The molecule has 20 heavy (non-hydrogen) atoms. The molecule has 2 rings (SSSR count). The van der Waals surface area contributed by atoms with Crippen molar-refractivity contribution in [3.8, 4) is 0 Å². The van der Waals surface area contributed by atoms with E-state index in [4.69, 9.17) is 4.74 Å². The number of piperidine rings is 1. The molecule has 0 aromatic carbocycles. The molecule has 0 radical (unpaired) electrons. The molecule has 2 heterocycles. The highest BCUT2D eigenvalue weighted by atomic mass is 16.5. The molecule has 0 saturated carbocycles. The van der Waals surface area contributed by atoms with Crippen LogP contribution in [0.5, 0.6) is 0 Å². The summed E-state index contributed by atoms with van der Waals surface area (Å²) in [7, 11) is 0.